The molecule has 0 saturated heterocycles. The minimum Gasteiger partial charge on any atom is -0.300 e. The molecule has 2 rings (SSSR count). The Morgan fingerprint density at radius 2 is 1.95 bits per heavy atom. The summed E-state index contributed by atoms with van der Waals surface area (Å²) < 4.78 is 39.0. The van der Waals surface area contributed by atoms with E-state index in [2.05, 4.69) is 15.5 Å². The van der Waals surface area contributed by atoms with Gasteiger partial charge in [-0.1, -0.05) is 38.0 Å². The monoisotopic (exact) mass is 321 g/mol. The fourth-order valence-electron chi connectivity index (χ4n) is 2.55. The number of rotatable bonds is 3. The minimum atomic E-state index is -4.33. The highest BCUT2D eigenvalue weighted by atomic mass is 32.1. The third-order valence-corrected chi connectivity index (χ3v) is 4.83. The molecule has 1 amide bonds. The van der Waals surface area contributed by atoms with Gasteiger partial charge in [0.25, 0.3) is 0 Å². The summed E-state index contributed by atoms with van der Waals surface area (Å²) in [5.74, 6) is -3.00. The molecule has 21 heavy (non-hydrogen) atoms. The highest BCUT2D eigenvalue weighted by Crippen LogP contribution is 2.42. The number of carbonyl (C=O) groups excluding carboxylic acids is 1. The van der Waals surface area contributed by atoms with Gasteiger partial charge in [0.2, 0.25) is 11.0 Å². The Kier molecular flexibility index (Phi) is 4.85. The molecule has 1 aliphatic carbocycles. The Morgan fingerprint density at radius 3 is 2.52 bits per heavy atom. The first-order chi connectivity index (χ1) is 9.79. The van der Waals surface area contributed by atoms with Crippen LogP contribution >= 0.6 is 11.3 Å². The first-order valence-electron chi connectivity index (χ1n) is 7.00. The van der Waals surface area contributed by atoms with Crippen LogP contribution in [0.4, 0.5) is 18.3 Å². The largest absolute Gasteiger partial charge is 0.392 e. The van der Waals surface area contributed by atoms with E-state index in [-0.39, 0.29) is 23.9 Å². The van der Waals surface area contributed by atoms with Gasteiger partial charge in [-0.3, -0.25) is 4.79 Å². The van der Waals surface area contributed by atoms with E-state index in [4.69, 9.17) is 0 Å². The van der Waals surface area contributed by atoms with Crippen LogP contribution in [0.25, 0.3) is 0 Å². The fraction of sp³-hybridized carbons (Fsp3) is 0.769. The molecule has 1 aromatic rings. The molecule has 1 aromatic heterocycles. The molecule has 2 unspecified atom stereocenters. The molecule has 1 heterocycles. The van der Waals surface area contributed by atoms with Crippen molar-refractivity contribution < 1.29 is 18.0 Å². The highest BCUT2D eigenvalue weighted by Gasteiger charge is 2.48. The van der Waals surface area contributed by atoms with Gasteiger partial charge in [-0.25, -0.2) is 0 Å². The molecule has 1 N–H and O–H groups in total. The molecule has 0 aliphatic heterocycles. The second kappa shape index (κ2) is 6.29. The molecule has 4 nitrogen and oxygen atoms in total. The van der Waals surface area contributed by atoms with Crippen molar-refractivity contribution >= 4 is 22.4 Å². The number of nitrogens with one attached hydrogen (secondary N) is 1. The minimum absolute atomic E-state index is 0.0228. The average molecular weight is 321 g/mol. The predicted octanol–water partition coefficient (Wildman–Crippen LogP) is 3.97. The van der Waals surface area contributed by atoms with Gasteiger partial charge in [-0.2, -0.15) is 13.2 Å². The lowest BCUT2D eigenvalue weighted by molar-refractivity contribution is -0.197. The van der Waals surface area contributed by atoms with E-state index < -0.39 is 23.9 Å². The van der Waals surface area contributed by atoms with E-state index in [1.54, 1.807) is 0 Å². The smallest absolute Gasteiger partial charge is 0.300 e. The number of aromatic nitrogens is 2. The van der Waals surface area contributed by atoms with E-state index in [9.17, 15) is 18.0 Å². The second-order valence-electron chi connectivity index (χ2n) is 5.63. The van der Waals surface area contributed by atoms with Crippen LogP contribution in [0.2, 0.25) is 0 Å². The van der Waals surface area contributed by atoms with Crippen LogP contribution in [0.3, 0.4) is 0 Å². The number of amides is 1. The molecule has 1 aliphatic rings. The van der Waals surface area contributed by atoms with Gasteiger partial charge in [0.1, 0.15) is 5.01 Å². The van der Waals surface area contributed by atoms with Gasteiger partial charge in [0, 0.05) is 11.8 Å². The quantitative estimate of drug-likeness (QED) is 0.916. The number of nitrogens with zero attached hydrogens (tertiary/aromatic N) is 2. The summed E-state index contributed by atoms with van der Waals surface area (Å²) in [6.07, 6.45) is -2.87. The average Bonchev–Trinajstić information content (AvgIpc) is 2.86. The Morgan fingerprint density at radius 1 is 1.29 bits per heavy atom. The van der Waals surface area contributed by atoms with Crippen LogP contribution in [-0.4, -0.2) is 22.3 Å². The molecule has 2 atom stereocenters. The molecule has 0 spiro atoms. The summed E-state index contributed by atoms with van der Waals surface area (Å²) in [5.41, 5.74) is 0. The molecule has 8 heteroatoms. The van der Waals surface area contributed by atoms with Crippen LogP contribution in [-0.2, 0) is 4.79 Å². The molecular weight excluding hydrogens is 303 g/mol. The van der Waals surface area contributed by atoms with Crippen molar-refractivity contribution in [2.75, 3.05) is 5.32 Å². The van der Waals surface area contributed by atoms with Gasteiger partial charge in [0.15, 0.2) is 0 Å². The van der Waals surface area contributed by atoms with Crippen molar-refractivity contribution in [3.05, 3.63) is 5.01 Å². The molecule has 1 saturated carbocycles. The molecule has 0 aromatic carbocycles. The number of halogens is 3. The summed E-state index contributed by atoms with van der Waals surface area (Å²) in [6.45, 7) is 3.87. The molecule has 0 radical (unpaired) electrons. The summed E-state index contributed by atoms with van der Waals surface area (Å²) in [7, 11) is 0. The van der Waals surface area contributed by atoms with Crippen LogP contribution in [0.5, 0.6) is 0 Å². The van der Waals surface area contributed by atoms with Gasteiger partial charge >= 0.3 is 6.18 Å². The molecule has 118 valence electrons. The second-order valence-corrected chi connectivity index (χ2v) is 6.64. The van der Waals surface area contributed by atoms with Crippen molar-refractivity contribution in [2.45, 2.75) is 51.6 Å². The highest BCUT2D eigenvalue weighted by molar-refractivity contribution is 7.15. The summed E-state index contributed by atoms with van der Waals surface area (Å²) in [4.78, 5) is 12.1. The summed E-state index contributed by atoms with van der Waals surface area (Å²) in [6, 6.07) is 0. The molecular formula is C13H18F3N3OS. The van der Waals surface area contributed by atoms with E-state index in [1.165, 1.54) is 11.3 Å². The first-order valence-corrected chi connectivity index (χ1v) is 7.81. The van der Waals surface area contributed by atoms with Crippen molar-refractivity contribution in [3.8, 4) is 0 Å². The van der Waals surface area contributed by atoms with Crippen molar-refractivity contribution in [1.29, 1.82) is 0 Å². The van der Waals surface area contributed by atoms with Crippen molar-refractivity contribution in [2.24, 2.45) is 11.8 Å². The van der Waals surface area contributed by atoms with E-state index >= 15 is 0 Å². The number of hydrogen-bond donors (Lipinski definition) is 1. The Balaban J connectivity index is 2.06. The Hall–Kier alpha value is -1.18. The van der Waals surface area contributed by atoms with E-state index in [0.717, 1.165) is 5.01 Å². The van der Waals surface area contributed by atoms with Gasteiger partial charge in [0.05, 0.1) is 5.92 Å². The zero-order valence-corrected chi connectivity index (χ0v) is 12.7. The maximum Gasteiger partial charge on any atom is 0.392 e. The van der Waals surface area contributed by atoms with Crippen LogP contribution < -0.4 is 5.32 Å². The third kappa shape index (κ3) is 3.93. The summed E-state index contributed by atoms with van der Waals surface area (Å²) >= 11 is 1.21. The predicted molar refractivity (Wildman–Crippen MR) is 74.1 cm³/mol. The number of alkyl halides is 3. The third-order valence-electron chi connectivity index (χ3n) is 3.69. The number of carbonyl (C=O) groups is 1. The Labute approximate surface area is 125 Å². The van der Waals surface area contributed by atoms with E-state index in [1.807, 2.05) is 13.8 Å². The lowest BCUT2D eigenvalue weighted by Gasteiger charge is -2.31. The maximum absolute atomic E-state index is 13.0. The maximum atomic E-state index is 13.0. The lowest BCUT2D eigenvalue weighted by atomic mass is 9.78. The molecule has 1 fully saturated rings. The zero-order valence-electron chi connectivity index (χ0n) is 11.9. The van der Waals surface area contributed by atoms with Crippen LogP contribution in [0.1, 0.15) is 50.5 Å². The number of hydrogen-bond acceptors (Lipinski definition) is 4. The van der Waals surface area contributed by atoms with Crippen LogP contribution in [0, 0.1) is 11.8 Å². The van der Waals surface area contributed by atoms with Gasteiger partial charge < -0.3 is 5.32 Å². The van der Waals surface area contributed by atoms with Gasteiger partial charge in [-0.05, 0) is 12.8 Å². The van der Waals surface area contributed by atoms with Crippen LogP contribution in [0.15, 0.2) is 0 Å². The SMILES string of the molecule is CC(C)c1nnc(NC(=O)C2CCCCC2C(F)(F)F)s1. The molecule has 0 bridgehead atoms. The standard InChI is InChI=1S/C13H18F3N3OS/c1-7(2)11-18-19-12(21-11)17-10(20)8-5-3-4-6-9(8)13(14,15)16/h7-9H,3-6H2,1-2H3,(H,17,19,20). The number of anilines is 1. The van der Waals surface area contributed by atoms with Crippen molar-refractivity contribution in [3.63, 3.8) is 0 Å². The van der Waals surface area contributed by atoms with Crippen molar-refractivity contribution in [1.82, 2.24) is 10.2 Å². The van der Waals surface area contributed by atoms with Gasteiger partial charge in [-0.15, -0.1) is 10.2 Å². The van der Waals surface area contributed by atoms with E-state index in [0.29, 0.717) is 12.8 Å². The zero-order chi connectivity index (χ0) is 15.6. The fourth-order valence-corrected chi connectivity index (χ4v) is 3.30. The summed E-state index contributed by atoms with van der Waals surface area (Å²) in [5, 5.41) is 11.2. The topological polar surface area (TPSA) is 54.9 Å². The lowest BCUT2D eigenvalue weighted by Crippen LogP contribution is -2.39. The normalized spacial score (nSPS) is 23.3. The first kappa shape index (κ1) is 16.2. The Bertz CT molecular complexity index is 501.